The summed E-state index contributed by atoms with van der Waals surface area (Å²) in [5.41, 5.74) is 3.87. The predicted molar refractivity (Wildman–Crippen MR) is 72.5 cm³/mol. The van der Waals surface area contributed by atoms with Crippen molar-refractivity contribution in [2.45, 2.75) is 13.8 Å². The second kappa shape index (κ2) is 5.00. The van der Waals surface area contributed by atoms with E-state index in [1.54, 1.807) is 17.0 Å². The number of carbonyl (C=O) groups excluding carboxylic acids is 1. The van der Waals surface area contributed by atoms with Gasteiger partial charge in [0.05, 0.1) is 6.20 Å². The lowest BCUT2D eigenvalue weighted by Gasteiger charge is -1.97. The van der Waals surface area contributed by atoms with Crippen molar-refractivity contribution in [3.8, 4) is 0 Å². The summed E-state index contributed by atoms with van der Waals surface area (Å²) in [5.74, 6) is 0.0123. The minimum atomic E-state index is 0.0123. The number of benzene rings is 1. The van der Waals surface area contributed by atoms with Crippen molar-refractivity contribution in [3.05, 3.63) is 58.9 Å². The maximum Gasteiger partial charge on any atom is 0.185 e. The number of aryl methyl sites for hydroxylation is 2. The Morgan fingerprint density at radius 1 is 1.22 bits per heavy atom. The molecule has 1 heterocycles. The van der Waals surface area contributed by atoms with Crippen LogP contribution in [-0.2, 0) is 7.05 Å². The second-order valence-electron chi connectivity index (χ2n) is 4.37. The number of hydrogen-bond acceptors (Lipinski definition) is 2. The first-order valence-electron chi connectivity index (χ1n) is 5.85. The Morgan fingerprint density at radius 3 is 2.44 bits per heavy atom. The average Bonchev–Trinajstić information content (AvgIpc) is 2.68. The molecule has 92 valence electrons. The van der Waals surface area contributed by atoms with Crippen LogP contribution in [-0.4, -0.2) is 15.6 Å². The molecule has 0 atom stereocenters. The molecule has 0 spiro atoms. The van der Waals surface area contributed by atoms with Crippen LogP contribution < -0.4 is 0 Å². The van der Waals surface area contributed by atoms with Crippen LogP contribution in [0.2, 0.25) is 0 Å². The van der Waals surface area contributed by atoms with Gasteiger partial charge in [-0.1, -0.05) is 29.8 Å². The summed E-state index contributed by atoms with van der Waals surface area (Å²) in [7, 11) is 1.88. The summed E-state index contributed by atoms with van der Waals surface area (Å²) < 4.78 is 1.79. The predicted octanol–water partition coefficient (Wildman–Crippen LogP) is 2.93. The van der Waals surface area contributed by atoms with Gasteiger partial charge in [0.1, 0.15) is 0 Å². The van der Waals surface area contributed by atoms with Crippen molar-refractivity contribution in [3.63, 3.8) is 0 Å². The van der Waals surface area contributed by atoms with Crippen LogP contribution in [0.5, 0.6) is 0 Å². The van der Waals surface area contributed by atoms with E-state index >= 15 is 0 Å². The highest BCUT2D eigenvalue weighted by atomic mass is 16.1. The number of allylic oxidation sites excluding steroid dienone is 1. The van der Waals surface area contributed by atoms with Crippen molar-refractivity contribution < 1.29 is 4.79 Å². The quantitative estimate of drug-likeness (QED) is 0.610. The fraction of sp³-hybridized carbons (Fsp3) is 0.200. The zero-order valence-electron chi connectivity index (χ0n) is 10.8. The summed E-state index contributed by atoms with van der Waals surface area (Å²) in [6, 6.07) is 7.57. The van der Waals surface area contributed by atoms with Crippen LogP contribution in [0, 0.1) is 13.8 Å². The number of nitrogens with zero attached hydrogens (tertiary/aromatic N) is 2. The van der Waals surface area contributed by atoms with Gasteiger partial charge in [-0.05, 0) is 26.0 Å². The topological polar surface area (TPSA) is 34.9 Å². The summed E-state index contributed by atoms with van der Waals surface area (Å²) >= 11 is 0. The molecule has 18 heavy (non-hydrogen) atoms. The van der Waals surface area contributed by atoms with Gasteiger partial charge in [0.2, 0.25) is 0 Å². The lowest BCUT2D eigenvalue weighted by atomic mass is 10.1. The monoisotopic (exact) mass is 240 g/mol. The van der Waals surface area contributed by atoms with E-state index in [0.717, 1.165) is 16.8 Å². The smallest absolute Gasteiger partial charge is 0.185 e. The standard InChI is InChI=1S/C15H16N2O/c1-11-4-6-13(7-5-11)15(18)9-8-14-10-16-17(3)12(14)2/h4-10H,1-3H3/b9-8+. The van der Waals surface area contributed by atoms with E-state index in [1.807, 2.05) is 51.2 Å². The minimum Gasteiger partial charge on any atom is -0.289 e. The maximum atomic E-state index is 11.9. The molecule has 0 amide bonds. The summed E-state index contributed by atoms with van der Waals surface area (Å²) in [6.45, 7) is 3.98. The molecule has 1 aromatic heterocycles. The van der Waals surface area contributed by atoms with Crippen LogP contribution >= 0.6 is 0 Å². The third-order valence-electron chi connectivity index (χ3n) is 3.02. The highest BCUT2D eigenvalue weighted by molar-refractivity contribution is 6.06. The van der Waals surface area contributed by atoms with Crippen LogP contribution in [0.25, 0.3) is 6.08 Å². The van der Waals surface area contributed by atoms with Crippen molar-refractivity contribution in [1.29, 1.82) is 0 Å². The first kappa shape index (κ1) is 12.3. The van der Waals surface area contributed by atoms with Gasteiger partial charge in [-0.15, -0.1) is 0 Å². The van der Waals surface area contributed by atoms with E-state index in [0.29, 0.717) is 5.56 Å². The van der Waals surface area contributed by atoms with E-state index < -0.39 is 0 Å². The largest absolute Gasteiger partial charge is 0.289 e. The SMILES string of the molecule is Cc1ccc(C(=O)/C=C/c2cnn(C)c2C)cc1. The number of carbonyl (C=O) groups is 1. The van der Waals surface area contributed by atoms with Gasteiger partial charge in [-0.25, -0.2) is 0 Å². The molecule has 1 aromatic carbocycles. The third kappa shape index (κ3) is 2.56. The lowest BCUT2D eigenvalue weighted by Crippen LogP contribution is -1.94. The molecule has 0 aliphatic rings. The average molecular weight is 240 g/mol. The molecule has 0 saturated carbocycles. The summed E-state index contributed by atoms with van der Waals surface area (Å²) in [4.78, 5) is 11.9. The Bertz CT molecular complexity index is 591. The molecule has 0 aliphatic heterocycles. The normalized spacial score (nSPS) is 11.1. The zero-order valence-corrected chi connectivity index (χ0v) is 10.8. The van der Waals surface area contributed by atoms with Crippen LogP contribution in [0.3, 0.4) is 0 Å². The summed E-state index contributed by atoms with van der Waals surface area (Å²) in [6.07, 6.45) is 5.16. The van der Waals surface area contributed by atoms with E-state index in [4.69, 9.17) is 0 Å². The second-order valence-corrected chi connectivity index (χ2v) is 4.37. The minimum absolute atomic E-state index is 0.0123. The van der Waals surface area contributed by atoms with Gasteiger partial charge >= 0.3 is 0 Å². The number of ketones is 1. The Balaban J connectivity index is 2.16. The zero-order chi connectivity index (χ0) is 13.1. The Morgan fingerprint density at radius 2 is 1.89 bits per heavy atom. The maximum absolute atomic E-state index is 11.9. The van der Waals surface area contributed by atoms with E-state index in [1.165, 1.54) is 0 Å². The highest BCUT2D eigenvalue weighted by Gasteiger charge is 2.03. The lowest BCUT2D eigenvalue weighted by molar-refractivity contribution is 0.104. The van der Waals surface area contributed by atoms with Crippen LogP contribution in [0.1, 0.15) is 27.2 Å². The molecule has 2 aromatic rings. The van der Waals surface area contributed by atoms with Gasteiger partial charge in [0.25, 0.3) is 0 Å². The number of aromatic nitrogens is 2. The molecule has 3 nitrogen and oxygen atoms in total. The first-order chi connectivity index (χ1) is 8.58. The van der Waals surface area contributed by atoms with Crippen molar-refractivity contribution >= 4 is 11.9 Å². The molecule has 0 bridgehead atoms. The third-order valence-corrected chi connectivity index (χ3v) is 3.02. The Labute approximate surface area is 107 Å². The van der Waals surface area contributed by atoms with Crippen LogP contribution in [0.4, 0.5) is 0 Å². The van der Waals surface area contributed by atoms with Gasteiger partial charge < -0.3 is 0 Å². The van der Waals surface area contributed by atoms with Crippen LogP contribution in [0.15, 0.2) is 36.5 Å². The first-order valence-corrected chi connectivity index (χ1v) is 5.85. The van der Waals surface area contributed by atoms with Gasteiger partial charge in [0.15, 0.2) is 5.78 Å². The molecule has 0 radical (unpaired) electrons. The molecule has 0 aliphatic carbocycles. The number of rotatable bonds is 3. The molecular weight excluding hydrogens is 224 g/mol. The van der Waals surface area contributed by atoms with Gasteiger partial charge in [0, 0.05) is 23.9 Å². The fourth-order valence-electron chi connectivity index (χ4n) is 1.66. The molecular formula is C15H16N2O. The van der Waals surface area contributed by atoms with Gasteiger partial charge in [-0.2, -0.15) is 5.10 Å². The van der Waals surface area contributed by atoms with E-state index in [-0.39, 0.29) is 5.78 Å². The van der Waals surface area contributed by atoms with Crippen molar-refractivity contribution in [2.75, 3.05) is 0 Å². The molecule has 0 fully saturated rings. The van der Waals surface area contributed by atoms with E-state index in [9.17, 15) is 4.79 Å². The number of hydrogen-bond donors (Lipinski definition) is 0. The molecule has 0 N–H and O–H groups in total. The summed E-state index contributed by atoms with van der Waals surface area (Å²) in [5, 5.41) is 4.13. The van der Waals surface area contributed by atoms with Gasteiger partial charge in [-0.3, -0.25) is 9.48 Å². The molecule has 2 rings (SSSR count). The van der Waals surface area contributed by atoms with E-state index in [2.05, 4.69) is 5.10 Å². The Hall–Kier alpha value is -2.16. The Kier molecular flexibility index (Phi) is 3.42. The molecule has 3 heteroatoms. The van der Waals surface area contributed by atoms with Crippen molar-refractivity contribution in [2.24, 2.45) is 7.05 Å². The highest BCUT2D eigenvalue weighted by Crippen LogP contribution is 2.10. The molecule has 0 saturated heterocycles. The fourth-order valence-corrected chi connectivity index (χ4v) is 1.66. The molecule has 0 unspecified atom stereocenters. The van der Waals surface area contributed by atoms with Crippen molar-refractivity contribution in [1.82, 2.24) is 9.78 Å².